The third-order valence-corrected chi connectivity index (χ3v) is 3.42. The smallest absolute Gasteiger partial charge is 0.167 e. The first-order chi connectivity index (χ1) is 9.86. The molecule has 0 saturated heterocycles. The number of benzene rings is 1. The van der Waals surface area contributed by atoms with E-state index >= 15 is 0 Å². The summed E-state index contributed by atoms with van der Waals surface area (Å²) in [6, 6.07) is 3.90. The van der Waals surface area contributed by atoms with Gasteiger partial charge in [-0.1, -0.05) is 0 Å². The Morgan fingerprint density at radius 2 is 1.86 bits per heavy atom. The van der Waals surface area contributed by atoms with Crippen molar-refractivity contribution >= 4 is 11.4 Å². The largest absolute Gasteiger partial charge is 0.491 e. The summed E-state index contributed by atoms with van der Waals surface area (Å²) in [5.74, 6) is -0.190. The number of hydrogen-bond donors (Lipinski definition) is 2. The maximum Gasteiger partial charge on any atom is 0.167 e. The number of rotatable bonds is 8. The Morgan fingerprint density at radius 1 is 1.24 bits per heavy atom. The van der Waals surface area contributed by atoms with E-state index in [2.05, 4.69) is 37.9 Å². The molecule has 0 radical (unpaired) electrons. The molecule has 0 spiro atoms. The summed E-state index contributed by atoms with van der Waals surface area (Å²) in [5, 5.41) is 3.27. The average molecular weight is 297 g/mol. The molecule has 1 rings (SSSR count). The van der Waals surface area contributed by atoms with Crippen LogP contribution >= 0.6 is 0 Å². The van der Waals surface area contributed by atoms with Gasteiger partial charge in [-0.05, 0) is 34.6 Å². The van der Waals surface area contributed by atoms with Crippen LogP contribution in [-0.4, -0.2) is 36.7 Å². The van der Waals surface area contributed by atoms with Gasteiger partial charge in [0.1, 0.15) is 0 Å². The Labute approximate surface area is 127 Å². The summed E-state index contributed by atoms with van der Waals surface area (Å²) in [5.41, 5.74) is 6.97. The summed E-state index contributed by atoms with van der Waals surface area (Å²) in [7, 11) is 0. The molecule has 3 N–H and O–H groups in total. The Morgan fingerprint density at radius 3 is 2.38 bits per heavy atom. The van der Waals surface area contributed by atoms with Gasteiger partial charge in [0, 0.05) is 37.3 Å². The first kappa shape index (κ1) is 17.6. The number of nitrogens with one attached hydrogen (secondary N) is 1. The minimum atomic E-state index is -0.425. The van der Waals surface area contributed by atoms with E-state index in [1.807, 2.05) is 6.92 Å². The van der Waals surface area contributed by atoms with E-state index < -0.39 is 5.82 Å². The Kier molecular flexibility index (Phi) is 6.75. The number of nitrogens with zero attached hydrogens (tertiary/aromatic N) is 1. The van der Waals surface area contributed by atoms with Gasteiger partial charge < -0.3 is 15.8 Å². The molecule has 0 atom stereocenters. The van der Waals surface area contributed by atoms with E-state index in [4.69, 9.17) is 10.5 Å². The highest BCUT2D eigenvalue weighted by Gasteiger charge is 2.13. The van der Waals surface area contributed by atoms with Gasteiger partial charge in [0.05, 0.1) is 18.0 Å². The molecule has 0 amide bonds. The number of ether oxygens (including phenoxy) is 1. The summed E-state index contributed by atoms with van der Waals surface area (Å²) in [6.07, 6.45) is 0. The van der Waals surface area contributed by atoms with Crippen molar-refractivity contribution in [2.45, 2.75) is 46.7 Å². The first-order valence-electron chi connectivity index (χ1n) is 7.58. The van der Waals surface area contributed by atoms with Gasteiger partial charge in [-0.3, -0.25) is 4.90 Å². The third kappa shape index (κ3) is 5.08. The van der Waals surface area contributed by atoms with Crippen molar-refractivity contribution in [3.63, 3.8) is 0 Å². The number of halogens is 1. The fraction of sp³-hybridized carbons (Fsp3) is 0.625. The highest BCUT2D eigenvalue weighted by molar-refractivity contribution is 5.68. The predicted molar refractivity (Wildman–Crippen MR) is 87.4 cm³/mol. The monoisotopic (exact) mass is 297 g/mol. The minimum Gasteiger partial charge on any atom is -0.491 e. The zero-order chi connectivity index (χ0) is 16.0. The van der Waals surface area contributed by atoms with E-state index in [0.717, 1.165) is 13.1 Å². The zero-order valence-corrected chi connectivity index (χ0v) is 13.7. The average Bonchev–Trinajstić information content (AvgIpc) is 2.38. The number of anilines is 2. The fourth-order valence-electron chi connectivity index (χ4n) is 2.42. The molecule has 0 fully saturated rings. The van der Waals surface area contributed by atoms with Crippen molar-refractivity contribution < 1.29 is 9.13 Å². The van der Waals surface area contributed by atoms with Crippen LogP contribution in [0.2, 0.25) is 0 Å². The van der Waals surface area contributed by atoms with Crippen molar-refractivity contribution in [3.05, 3.63) is 17.9 Å². The molecule has 1 aromatic carbocycles. The second-order valence-corrected chi connectivity index (χ2v) is 5.65. The lowest BCUT2D eigenvalue weighted by molar-refractivity contribution is 0.182. The summed E-state index contributed by atoms with van der Waals surface area (Å²) < 4.78 is 18.9. The normalized spacial score (nSPS) is 11.5. The van der Waals surface area contributed by atoms with E-state index in [1.54, 1.807) is 6.07 Å². The molecule has 21 heavy (non-hydrogen) atoms. The van der Waals surface area contributed by atoms with Crippen LogP contribution in [0.4, 0.5) is 15.8 Å². The Hall–Kier alpha value is -1.49. The highest BCUT2D eigenvalue weighted by Crippen LogP contribution is 2.28. The van der Waals surface area contributed by atoms with Crippen LogP contribution in [0.5, 0.6) is 5.75 Å². The lowest BCUT2D eigenvalue weighted by Crippen LogP contribution is -2.40. The molecule has 120 valence electrons. The van der Waals surface area contributed by atoms with Crippen LogP contribution in [0, 0.1) is 5.82 Å². The van der Waals surface area contributed by atoms with Gasteiger partial charge in [0.2, 0.25) is 0 Å². The maximum absolute atomic E-state index is 13.6. The molecule has 0 unspecified atom stereocenters. The lowest BCUT2D eigenvalue weighted by Gasteiger charge is -2.30. The number of hydrogen-bond acceptors (Lipinski definition) is 4. The fourth-order valence-corrected chi connectivity index (χ4v) is 2.42. The molecule has 0 aromatic heterocycles. The summed E-state index contributed by atoms with van der Waals surface area (Å²) in [6.45, 7) is 12.6. The van der Waals surface area contributed by atoms with E-state index in [-0.39, 0.29) is 5.75 Å². The van der Waals surface area contributed by atoms with Crippen molar-refractivity contribution in [1.82, 2.24) is 4.90 Å². The number of nitrogen functional groups attached to an aromatic ring is 1. The van der Waals surface area contributed by atoms with E-state index in [9.17, 15) is 4.39 Å². The van der Waals surface area contributed by atoms with Crippen molar-refractivity contribution in [1.29, 1.82) is 0 Å². The quantitative estimate of drug-likeness (QED) is 0.723. The molecule has 5 heteroatoms. The van der Waals surface area contributed by atoms with E-state index in [0.29, 0.717) is 30.1 Å². The van der Waals surface area contributed by atoms with Crippen LogP contribution in [0.1, 0.15) is 34.6 Å². The van der Waals surface area contributed by atoms with Crippen molar-refractivity contribution in [2.75, 3.05) is 30.7 Å². The second kappa shape index (κ2) is 8.08. The zero-order valence-electron chi connectivity index (χ0n) is 13.7. The van der Waals surface area contributed by atoms with Crippen molar-refractivity contribution in [2.24, 2.45) is 0 Å². The first-order valence-corrected chi connectivity index (χ1v) is 7.58. The van der Waals surface area contributed by atoms with Crippen LogP contribution < -0.4 is 15.8 Å². The van der Waals surface area contributed by atoms with E-state index in [1.165, 1.54) is 6.07 Å². The summed E-state index contributed by atoms with van der Waals surface area (Å²) >= 11 is 0. The Balaban J connectivity index is 2.68. The van der Waals surface area contributed by atoms with Crippen molar-refractivity contribution in [3.8, 4) is 5.75 Å². The molecule has 0 aliphatic carbocycles. The van der Waals surface area contributed by atoms with Gasteiger partial charge >= 0.3 is 0 Å². The molecule has 0 heterocycles. The molecule has 0 aliphatic rings. The lowest BCUT2D eigenvalue weighted by atomic mass is 10.2. The van der Waals surface area contributed by atoms with Gasteiger partial charge in [-0.25, -0.2) is 4.39 Å². The van der Waals surface area contributed by atoms with Gasteiger partial charge in [-0.15, -0.1) is 0 Å². The van der Waals surface area contributed by atoms with Crippen LogP contribution in [0.25, 0.3) is 0 Å². The molecule has 0 bridgehead atoms. The number of nitrogens with two attached hydrogens (primary N) is 1. The van der Waals surface area contributed by atoms with Gasteiger partial charge in [0.25, 0.3) is 0 Å². The Bertz CT molecular complexity index is 441. The second-order valence-electron chi connectivity index (χ2n) is 5.65. The highest BCUT2D eigenvalue weighted by atomic mass is 19.1. The minimum absolute atomic E-state index is 0.235. The van der Waals surface area contributed by atoms with Gasteiger partial charge in [-0.2, -0.15) is 0 Å². The van der Waals surface area contributed by atoms with Crippen LogP contribution in [0.3, 0.4) is 0 Å². The maximum atomic E-state index is 13.6. The van der Waals surface area contributed by atoms with Gasteiger partial charge in [0.15, 0.2) is 11.6 Å². The molecule has 4 nitrogen and oxygen atoms in total. The molecular formula is C16H28FN3O. The molecule has 1 aromatic rings. The summed E-state index contributed by atoms with van der Waals surface area (Å²) in [4.78, 5) is 2.39. The van der Waals surface area contributed by atoms with Crippen LogP contribution in [0.15, 0.2) is 12.1 Å². The topological polar surface area (TPSA) is 50.5 Å². The van der Waals surface area contributed by atoms with Crippen LogP contribution in [-0.2, 0) is 0 Å². The predicted octanol–water partition coefficient (Wildman–Crippen LogP) is 3.34. The molecular weight excluding hydrogens is 269 g/mol. The SMILES string of the molecule is CCOc1cc(NCCN(C(C)C)C(C)C)c(N)cc1F. The third-order valence-electron chi connectivity index (χ3n) is 3.42. The standard InChI is InChI=1S/C16H28FN3O/c1-6-21-16-10-15(14(18)9-13(16)17)19-7-8-20(11(2)3)12(4)5/h9-12,19H,6-8,18H2,1-5H3. The molecule has 0 aliphatic heterocycles. The molecule has 0 saturated carbocycles.